The number of hydrogen-bond acceptors (Lipinski definition) is 3. The molecule has 0 saturated carbocycles. The van der Waals surface area contributed by atoms with Gasteiger partial charge in [-0.05, 0) is 29.4 Å². The van der Waals surface area contributed by atoms with E-state index in [1.54, 1.807) is 0 Å². The highest BCUT2D eigenvalue weighted by atomic mass is 32.2. The van der Waals surface area contributed by atoms with Crippen LogP contribution in [0.3, 0.4) is 0 Å². The van der Waals surface area contributed by atoms with Gasteiger partial charge in [0.2, 0.25) is 0 Å². The van der Waals surface area contributed by atoms with E-state index in [0.717, 1.165) is 30.4 Å². The molecule has 0 aliphatic rings. The summed E-state index contributed by atoms with van der Waals surface area (Å²) in [5.74, 6) is 0.320. The summed E-state index contributed by atoms with van der Waals surface area (Å²) in [6.45, 7) is 10.1. The molecule has 0 fully saturated rings. The second-order valence-corrected chi connectivity index (χ2v) is 8.50. The fraction of sp³-hybridized carbons (Fsp3) is 0.632. The quantitative estimate of drug-likeness (QED) is 0.455. The van der Waals surface area contributed by atoms with Crippen LogP contribution in [0.25, 0.3) is 0 Å². The highest BCUT2D eigenvalue weighted by Gasteiger charge is 2.26. The van der Waals surface area contributed by atoms with E-state index in [1.807, 2.05) is 52.8 Å². The van der Waals surface area contributed by atoms with Crippen molar-refractivity contribution in [2.45, 2.75) is 72.1 Å². The van der Waals surface area contributed by atoms with E-state index in [2.05, 4.69) is 5.32 Å². The van der Waals surface area contributed by atoms with Crippen LogP contribution < -0.4 is 5.32 Å². The number of urea groups is 1. The first-order valence-electron chi connectivity index (χ1n) is 9.28. The van der Waals surface area contributed by atoms with Crippen molar-refractivity contribution in [3.05, 3.63) is 29.3 Å². The molecule has 6 nitrogen and oxygen atoms in total. The molecule has 0 unspecified atom stereocenters. The smallest absolute Gasteiger partial charge is 0.306 e. The maximum absolute atomic E-state index is 12.6. The van der Waals surface area contributed by atoms with E-state index >= 15 is 0 Å². The molecule has 2 amide bonds. The zero-order valence-electron chi connectivity index (χ0n) is 16.4. The second-order valence-electron chi connectivity index (χ2n) is 7.16. The van der Waals surface area contributed by atoms with Crippen LogP contribution in [0, 0.1) is 0 Å². The molecule has 0 atom stereocenters. The molecular weight excluding hydrogens is 352 g/mol. The maximum Gasteiger partial charge on any atom is 0.363 e. The van der Waals surface area contributed by atoms with Crippen molar-refractivity contribution >= 4 is 22.0 Å². The molecule has 0 heterocycles. The van der Waals surface area contributed by atoms with Gasteiger partial charge in [-0.3, -0.25) is 4.55 Å². The SMILES string of the molecule is CCCCCCN(C(=O)Nc1c(C(C)C)cccc1C(C)C)S(=O)(=O)O. The number of benzene rings is 1. The number of amides is 2. The van der Waals surface area contributed by atoms with Gasteiger partial charge in [-0.1, -0.05) is 72.1 Å². The highest BCUT2D eigenvalue weighted by Crippen LogP contribution is 2.32. The molecular formula is C19H32N2O4S. The van der Waals surface area contributed by atoms with Crippen LogP contribution in [0.4, 0.5) is 10.5 Å². The third kappa shape index (κ3) is 6.29. The largest absolute Gasteiger partial charge is 0.363 e. The monoisotopic (exact) mass is 384 g/mol. The van der Waals surface area contributed by atoms with Gasteiger partial charge in [-0.2, -0.15) is 12.7 Å². The van der Waals surface area contributed by atoms with Crippen molar-refractivity contribution < 1.29 is 17.8 Å². The minimum absolute atomic E-state index is 0.0362. The lowest BCUT2D eigenvalue weighted by Crippen LogP contribution is -2.40. The van der Waals surface area contributed by atoms with E-state index < -0.39 is 16.3 Å². The first-order valence-corrected chi connectivity index (χ1v) is 10.7. The van der Waals surface area contributed by atoms with Crippen LogP contribution in [-0.2, 0) is 10.3 Å². The van der Waals surface area contributed by atoms with Crippen molar-refractivity contribution in [2.24, 2.45) is 0 Å². The summed E-state index contributed by atoms with van der Waals surface area (Å²) >= 11 is 0. The molecule has 1 aromatic rings. The highest BCUT2D eigenvalue weighted by molar-refractivity contribution is 7.84. The lowest BCUT2D eigenvalue weighted by molar-refractivity contribution is 0.231. The third-order valence-corrected chi connectivity index (χ3v) is 5.23. The molecule has 148 valence electrons. The van der Waals surface area contributed by atoms with E-state index in [-0.39, 0.29) is 18.4 Å². The molecule has 0 aliphatic carbocycles. The molecule has 7 heteroatoms. The fourth-order valence-corrected chi connectivity index (χ4v) is 3.48. The van der Waals surface area contributed by atoms with Gasteiger partial charge in [0.15, 0.2) is 0 Å². The van der Waals surface area contributed by atoms with Gasteiger partial charge in [0.1, 0.15) is 0 Å². The van der Waals surface area contributed by atoms with Crippen molar-refractivity contribution in [2.75, 3.05) is 11.9 Å². The summed E-state index contributed by atoms with van der Waals surface area (Å²) in [5, 5.41) is 2.74. The molecule has 1 rings (SSSR count). The molecule has 2 N–H and O–H groups in total. The molecule has 26 heavy (non-hydrogen) atoms. The van der Waals surface area contributed by atoms with Gasteiger partial charge in [0, 0.05) is 12.2 Å². The third-order valence-electron chi connectivity index (χ3n) is 4.32. The van der Waals surface area contributed by atoms with E-state index in [9.17, 15) is 17.8 Å². The summed E-state index contributed by atoms with van der Waals surface area (Å²) in [6, 6.07) is 4.96. The number of carbonyl (C=O) groups is 1. The molecule has 0 bridgehead atoms. The van der Waals surface area contributed by atoms with Gasteiger partial charge < -0.3 is 5.32 Å². The van der Waals surface area contributed by atoms with Crippen LogP contribution in [0.2, 0.25) is 0 Å². The van der Waals surface area contributed by atoms with Crippen molar-refractivity contribution in [1.29, 1.82) is 0 Å². The Morgan fingerprint density at radius 1 is 1.08 bits per heavy atom. The van der Waals surface area contributed by atoms with Crippen LogP contribution in [0.5, 0.6) is 0 Å². The first kappa shape index (κ1) is 22.4. The normalized spacial score (nSPS) is 11.8. The standard InChI is InChI=1S/C19H32N2O4S/c1-6-7-8-9-13-21(26(23,24)25)19(22)20-18-16(14(2)3)11-10-12-17(18)15(4)5/h10-12,14-15H,6-9,13H2,1-5H3,(H,20,22)(H,23,24,25). The van der Waals surface area contributed by atoms with Gasteiger partial charge in [0.25, 0.3) is 0 Å². The maximum atomic E-state index is 12.6. The average molecular weight is 385 g/mol. The van der Waals surface area contributed by atoms with E-state index in [0.29, 0.717) is 16.4 Å². The summed E-state index contributed by atoms with van der Waals surface area (Å²) < 4.78 is 33.4. The number of hydrogen-bond donors (Lipinski definition) is 2. The fourth-order valence-electron chi connectivity index (χ4n) is 2.87. The predicted octanol–water partition coefficient (Wildman–Crippen LogP) is 5.15. The number of nitrogens with zero attached hydrogens (tertiary/aromatic N) is 1. The van der Waals surface area contributed by atoms with Gasteiger partial charge >= 0.3 is 16.3 Å². The number of unbranched alkanes of at least 4 members (excludes halogenated alkanes) is 3. The Labute approximate surface area is 157 Å². The first-order chi connectivity index (χ1) is 12.1. The minimum Gasteiger partial charge on any atom is -0.306 e. The second kappa shape index (κ2) is 9.92. The molecule has 0 aromatic heterocycles. The number of anilines is 1. The summed E-state index contributed by atoms with van der Waals surface area (Å²) in [7, 11) is -4.62. The molecule has 0 spiro atoms. The number of nitrogens with one attached hydrogen (secondary N) is 1. The summed E-state index contributed by atoms with van der Waals surface area (Å²) in [5.41, 5.74) is 2.50. The Morgan fingerprint density at radius 3 is 2.04 bits per heavy atom. The number of rotatable bonds is 9. The van der Waals surface area contributed by atoms with Crippen LogP contribution in [0.15, 0.2) is 18.2 Å². The minimum atomic E-state index is -4.62. The number of para-hydroxylation sites is 1. The molecule has 0 saturated heterocycles. The van der Waals surface area contributed by atoms with E-state index in [1.165, 1.54) is 0 Å². The molecule has 0 aliphatic heterocycles. The Hall–Kier alpha value is -1.60. The van der Waals surface area contributed by atoms with Gasteiger partial charge in [-0.15, -0.1) is 0 Å². The topological polar surface area (TPSA) is 86.7 Å². The lowest BCUT2D eigenvalue weighted by Gasteiger charge is -2.24. The molecule has 0 radical (unpaired) electrons. The van der Waals surface area contributed by atoms with Crippen molar-refractivity contribution in [1.82, 2.24) is 4.31 Å². The Bertz CT molecular complexity index is 673. The van der Waals surface area contributed by atoms with Crippen molar-refractivity contribution in [3.63, 3.8) is 0 Å². The van der Waals surface area contributed by atoms with Gasteiger partial charge in [-0.25, -0.2) is 4.79 Å². The van der Waals surface area contributed by atoms with Crippen molar-refractivity contribution in [3.8, 4) is 0 Å². The summed E-state index contributed by atoms with van der Waals surface area (Å²) in [4.78, 5) is 12.6. The number of carbonyl (C=O) groups excluding carboxylic acids is 1. The van der Waals surface area contributed by atoms with Crippen LogP contribution in [0.1, 0.15) is 83.3 Å². The van der Waals surface area contributed by atoms with Crippen LogP contribution >= 0.6 is 0 Å². The zero-order valence-corrected chi connectivity index (χ0v) is 17.3. The average Bonchev–Trinajstić information content (AvgIpc) is 2.53. The Kier molecular flexibility index (Phi) is 8.56. The van der Waals surface area contributed by atoms with Gasteiger partial charge in [0.05, 0.1) is 0 Å². The predicted molar refractivity (Wildman–Crippen MR) is 106 cm³/mol. The lowest BCUT2D eigenvalue weighted by atomic mass is 9.93. The Morgan fingerprint density at radius 2 is 1.62 bits per heavy atom. The van der Waals surface area contributed by atoms with Crippen LogP contribution in [-0.4, -0.2) is 29.9 Å². The molecule has 1 aromatic carbocycles. The van der Waals surface area contributed by atoms with E-state index in [4.69, 9.17) is 0 Å². The zero-order chi connectivity index (χ0) is 19.9. The summed E-state index contributed by atoms with van der Waals surface area (Å²) in [6.07, 6.45) is 3.27. The Balaban J connectivity index is 3.12.